The van der Waals surface area contributed by atoms with Gasteiger partial charge in [-0.25, -0.2) is 0 Å². The van der Waals surface area contributed by atoms with Crippen molar-refractivity contribution in [3.63, 3.8) is 0 Å². The van der Waals surface area contributed by atoms with Crippen molar-refractivity contribution in [3.05, 3.63) is 46.2 Å². The molecule has 0 aliphatic heterocycles. The fraction of sp³-hybridized carbons (Fsp3) is 0.400. The van der Waals surface area contributed by atoms with Crippen LogP contribution in [0.1, 0.15) is 17.3 Å². The van der Waals surface area contributed by atoms with Gasteiger partial charge in [-0.1, -0.05) is 18.2 Å². The van der Waals surface area contributed by atoms with Gasteiger partial charge in [0.2, 0.25) is 0 Å². The summed E-state index contributed by atoms with van der Waals surface area (Å²) in [5.74, 6) is 0. The highest BCUT2D eigenvalue weighted by molar-refractivity contribution is 9.10. The molecule has 1 heterocycles. The number of hydrogen-bond acceptors (Lipinski definition) is 4. The average Bonchev–Trinajstić information content (AvgIpc) is 2.88. The molecule has 0 amide bonds. The van der Waals surface area contributed by atoms with E-state index in [9.17, 15) is 0 Å². The number of rotatable bonds is 7. The Morgan fingerprint density at radius 2 is 2.19 bits per heavy atom. The number of ether oxygens (including phenoxy) is 1. The zero-order valence-corrected chi connectivity index (χ0v) is 14.9. The minimum Gasteiger partial charge on any atom is -0.383 e. The van der Waals surface area contributed by atoms with E-state index < -0.39 is 0 Å². The lowest BCUT2D eigenvalue weighted by Gasteiger charge is -2.21. The smallest absolute Gasteiger partial charge is 0.0768 e. The van der Waals surface area contributed by atoms with E-state index in [4.69, 9.17) is 4.74 Å². The van der Waals surface area contributed by atoms with Crippen molar-refractivity contribution in [2.45, 2.75) is 17.5 Å². The highest BCUT2D eigenvalue weighted by Gasteiger charge is 2.22. The second-order valence-corrected chi connectivity index (χ2v) is 6.26. The Labute approximate surface area is 138 Å². The van der Waals surface area contributed by atoms with Crippen molar-refractivity contribution in [2.24, 2.45) is 0 Å². The van der Waals surface area contributed by atoms with Crippen molar-refractivity contribution in [1.29, 1.82) is 0 Å². The van der Waals surface area contributed by atoms with Crippen molar-refractivity contribution in [3.8, 4) is 0 Å². The Bertz CT molecular complexity index is 588. The molecule has 6 heteroatoms. The topological polar surface area (TPSA) is 39.1 Å². The van der Waals surface area contributed by atoms with E-state index in [0.29, 0.717) is 6.61 Å². The van der Waals surface area contributed by atoms with Crippen LogP contribution in [0.25, 0.3) is 0 Å². The maximum atomic E-state index is 5.17. The first-order valence-corrected chi connectivity index (χ1v) is 8.75. The second kappa shape index (κ2) is 7.98. The Balaban J connectivity index is 2.44. The van der Waals surface area contributed by atoms with Gasteiger partial charge in [0.1, 0.15) is 0 Å². The van der Waals surface area contributed by atoms with Crippen LogP contribution < -0.4 is 5.32 Å². The molecule has 4 nitrogen and oxygen atoms in total. The number of aromatic nitrogens is 2. The quantitative estimate of drug-likeness (QED) is 0.759. The molecule has 1 N–H and O–H groups in total. The van der Waals surface area contributed by atoms with Crippen LogP contribution in [0.5, 0.6) is 0 Å². The van der Waals surface area contributed by atoms with Gasteiger partial charge in [0.25, 0.3) is 0 Å². The van der Waals surface area contributed by atoms with Gasteiger partial charge in [-0.2, -0.15) is 5.10 Å². The monoisotopic (exact) mass is 369 g/mol. The first-order chi connectivity index (χ1) is 10.2. The van der Waals surface area contributed by atoms with Gasteiger partial charge in [-0.15, -0.1) is 11.8 Å². The van der Waals surface area contributed by atoms with E-state index in [2.05, 4.69) is 56.9 Å². The Kier molecular flexibility index (Phi) is 6.29. The summed E-state index contributed by atoms with van der Waals surface area (Å²) in [6, 6.07) is 8.53. The molecule has 0 bridgehead atoms. The molecule has 0 aliphatic rings. The van der Waals surface area contributed by atoms with Gasteiger partial charge < -0.3 is 10.1 Å². The van der Waals surface area contributed by atoms with Crippen molar-refractivity contribution in [2.75, 3.05) is 27.0 Å². The number of thioether (sulfide) groups is 1. The first-order valence-electron chi connectivity index (χ1n) is 6.73. The minimum absolute atomic E-state index is 0.0855. The Hall–Kier alpha value is -0.820. The zero-order chi connectivity index (χ0) is 15.2. The molecule has 21 heavy (non-hydrogen) atoms. The number of methoxy groups -OCH3 is 1. The summed E-state index contributed by atoms with van der Waals surface area (Å²) in [7, 11) is 3.68. The van der Waals surface area contributed by atoms with Crippen molar-refractivity contribution in [1.82, 2.24) is 15.1 Å². The molecule has 1 atom stereocenters. The molecule has 0 fully saturated rings. The lowest BCUT2D eigenvalue weighted by atomic mass is 10.0. The summed E-state index contributed by atoms with van der Waals surface area (Å²) in [6.45, 7) is 1.37. The molecule has 1 unspecified atom stereocenters. The highest BCUT2D eigenvalue weighted by Crippen LogP contribution is 2.33. The zero-order valence-electron chi connectivity index (χ0n) is 12.5. The predicted molar refractivity (Wildman–Crippen MR) is 90.9 cm³/mol. The van der Waals surface area contributed by atoms with E-state index in [0.717, 1.165) is 16.7 Å². The molecule has 0 saturated carbocycles. The molecule has 0 saturated heterocycles. The summed E-state index contributed by atoms with van der Waals surface area (Å²) in [5, 5.41) is 7.85. The largest absolute Gasteiger partial charge is 0.383 e. The summed E-state index contributed by atoms with van der Waals surface area (Å²) >= 11 is 5.38. The van der Waals surface area contributed by atoms with E-state index in [-0.39, 0.29) is 6.04 Å². The van der Waals surface area contributed by atoms with Crippen LogP contribution in [0.2, 0.25) is 0 Å². The van der Waals surface area contributed by atoms with Crippen LogP contribution in [0.3, 0.4) is 0 Å². The van der Waals surface area contributed by atoms with Crippen LogP contribution in [0, 0.1) is 0 Å². The van der Waals surface area contributed by atoms with Gasteiger partial charge in [-0.3, -0.25) is 4.68 Å². The van der Waals surface area contributed by atoms with Crippen LogP contribution in [0.15, 0.2) is 39.8 Å². The summed E-state index contributed by atoms with van der Waals surface area (Å²) in [6.07, 6.45) is 3.94. The molecule has 0 radical (unpaired) electrons. The highest BCUT2D eigenvalue weighted by atomic mass is 79.9. The molecule has 2 aromatic rings. The summed E-state index contributed by atoms with van der Waals surface area (Å²) in [5.41, 5.74) is 2.38. The lowest BCUT2D eigenvalue weighted by Crippen LogP contribution is -2.23. The van der Waals surface area contributed by atoms with Crippen LogP contribution >= 0.6 is 27.7 Å². The maximum Gasteiger partial charge on any atom is 0.0768 e. The molecular weight excluding hydrogens is 350 g/mol. The lowest BCUT2D eigenvalue weighted by molar-refractivity contribution is 0.182. The summed E-state index contributed by atoms with van der Waals surface area (Å²) < 4.78 is 8.17. The van der Waals surface area contributed by atoms with Gasteiger partial charge in [0.05, 0.1) is 35.6 Å². The van der Waals surface area contributed by atoms with Gasteiger partial charge in [-0.05, 0) is 40.9 Å². The standard InChI is InChI=1S/C15H20BrN3OS/c1-17-14(11-6-4-5-7-13(11)21-3)15-12(16)10-18-19(15)8-9-20-2/h4-7,10,14,17H,8-9H2,1-3H3. The van der Waals surface area contributed by atoms with Crippen LogP contribution in [0.4, 0.5) is 0 Å². The molecule has 0 aliphatic carbocycles. The number of benzene rings is 1. The SMILES string of the molecule is CNC(c1ccccc1SC)c1c(Br)cnn1CCOC. The average molecular weight is 370 g/mol. The molecule has 1 aromatic heterocycles. The van der Waals surface area contributed by atoms with E-state index in [1.807, 2.05) is 17.9 Å². The normalized spacial score (nSPS) is 12.6. The molecule has 1 aromatic carbocycles. The maximum absolute atomic E-state index is 5.17. The fourth-order valence-corrected chi connectivity index (χ4v) is 3.52. The fourth-order valence-electron chi connectivity index (χ4n) is 2.36. The number of nitrogens with zero attached hydrogens (tertiary/aromatic N) is 2. The van der Waals surface area contributed by atoms with E-state index >= 15 is 0 Å². The third-order valence-electron chi connectivity index (χ3n) is 3.35. The first kappa shape index (κ1) is 16.5. The number of hydrogen-bond donors (Lipinski definition) is 1. The summed E-state index contributed by atoms with van der Waals surface area (Å²) in [4.78, 5) is 1.27. The Morgan fingerprint density at radius 3 is 2.86 bits per heavy atom. The van der Waals surface area contributed by atoms with Crippen molar-refractivity contribution < 1.29 is 4.74 Å². The molecule has 114 valence electrons. The van der Waals surface area contributed by atoms with E-state index in [1.54, 1.807) is 18.9 Å². The predicted octanol–water partition coefficient (Wildman–Crippen LogP) is 3.32. The van der Waals surface area contributed by atoms with E-state index in [1.165, 1.54) is 10.5 Å². The molecule has 2 rings (SSSR count). The van der Waals surface area contributed by atoms with Gasteiger partial charge in [0.15, 0.2) is 0 Å². The van der Waals surface area contributed by atoms with Crippen LogP contribution in [-0.4, -0.2) is 36.8 Å². The van der Waals surface area contributed by atoms with Crippen molar-refractivity contribution >= 4 is 27.7 Å². The Morgan fingerprint density at radius 1 is 1.43 bits per heavy atom. The van der Waals surface area contributed by atoms with Crippen LogP contribution in [-0.2, 0) is 11.3 Å². The van der Waals surface area contributed by atoms with Gasteiger partial charge in [0, 0.05) is 12.0 Å². The third-order valence-corrected chi connectivity index (χ3v) is 4.78. The van der Waals surface area contributed by atoms with Gasteiger partial charge >= 0.3 is 0 Å². The third kappa shape index (κ3) is 3.69. The number of nitrogens with one attached hydrogen (secondary N) is 1. The molecule has 0 spiro atoms. The minimum atomic E-state index is 0.0855. The molecular formula is C15H20BrN3OS. The second-order valence-electron chi connectivity index (χ2n) is 4.56. The number of halogens is 1.